The predicted octanol–water partition coefficient (Wildman–Crippen LogP) is 1.27. The van der Waals surface area contributed by atoms with Gasteiger partial charge in [0, 0.05) is 39.0 Å². The first-order chi connectivity index (χ1) is 10.2. The van der Waals surface area contributed by atoms with Gasteiger partial charge in [0.1, 0.15) is 0 Å². The Labute approximate surface area is 126 Å². The van der Waals surface area contributed by atoms with E-state index in [1.807, 2.05) is 31.3 Å². The largest absolute Gasteiger partial charge is 0.409 e. The summed E-state index contributed by atoms with van der Waals surface area (Å²) in [5, 5.41) is 11.7. The maximum Gasteiger partial charge on any atom is 0.170 e. The summed E-state index contributed by atoms with van der Waals surface area (Å²) in [6.45, 7) is 3.78. The number of ether oxygens (including phenoxy) is 2. The normalized spacial score (nSPS) is 12.0. The van der Waals surface area contributed by atoms with Gasteiger partial charge in [-0.05, 0) is 25.1 Å². The number of nitrogens with two attached hydrogens (primary N) is 1. The maximum atomic E-state index is 8.69. The predicted molar refractivity (Wildman–Crippen MR) is 82.6 cm³/mol. The molecule has 0 amide bonds. The van der Waals surface area contributed by atoms with Crippen molar-refractivity contribution in [3.63, 3.8) is 0 Å². The summed E-state index contributed by atoms with van der Waals surface area (Å²) in [6, 6.07) is 7.66. The molecular formula is C15H25N3O3. The highest BCUT2D eigenvalue weighted by Crippen LogP contribution is 2.07. The molecule has 1 rings (SSSR count). The third kappa shape index (κ3) is 7.08. The standard InChI is InChI=1S/C15H25N3O3/c1-18(7-10-21-9-4-8-20-2)12-13-5-3-6-14(11-13)15(16)17-19/h3,5-6,11,19H,4,7-10,12H2,1-2H3,(H2,16,17). The molecule has 21 heavy (non-hydrogen) atoms. The fourth-order valence-electron chi connectivity index (χ4n) is 1.91. The van der Waals surface area contributed by atoms with Gasteiger partial charge in [-0.1, -0.05) is 23.4 Å². The number of rotatable bonds is 10. The van der Waals surface area contributed by atoms with Crippen molar-refractivity contribution in [1.29, 1.82) is 0 Å². The summed E-state index contributed by atoms with van der Waals surface area (Å²) >= 11 is 0. The molecule has 0 bridgehead atoms. The van der Waals surface area contributed by atoms with E-state index in [1.54, 1.807) is 7.11 Å². The Morgan fingerprint density at radius 1 is 1.33 bits per heavy atom. The van der Waals surface area contributed by atoms with E-state index in [9.17, 15) is 0 Å². The van der Waals surface area contributed by atoms with Crippen LogP contribution in [0.25, 0.3) is 0 Å². The highest BCUT2D eigenvalue weighted by atomic mass is 16.5. The number of amidine groups is 1. The molecule has 6 nitrogen and oxygen atoms in total. The Bertz CT molecular complexity index is 438. The summed E-state index contributed by atoms with van der Waals surface area (Å²) in [4.78, 5) is 2.17. The number of nitrogens with zero attached hydrogens (tertiary/aromatic N) is 2. The molecule has 0 aliphatic heterocycles. The van der Waals surface area contributed by atoms with Crippen molar-refractivity contribution in [2.45, 2.75) is 13.0 Å². The molecule has 0 fully saturated rings. The summed E-state index contributed by atoms with van der Waals surface area (Å²) in [5.41, 5.74) is 7.42. The molecule has 0 aromatic heterocycles. The second-order valence-corrected chi connectivity index (χ2v) is 4.88. The molecule has 0 heterocycles. The van der Waals surface area contributed by atoms with Gasteiger partial charge in [0.15, 0.2) is 5.84 Å². The average Bonchev–Trinajstić information content (AvgIpc) is 2.50. The van der Waals surface area contributed by atoms with Crippen LogP contribution in [0.4, 0.5) is 0 Å². The number of hydrogen-bond donors (Lipinski definition) is 2. The maximum absolute atomic E-state index is 8.69. The zero-order valence-corrected chi connectivity index (χ0v) is 12.8. The van der Waals surface area contributed by atoms with Crippen molar-refractivity contribution < 1.29 is 14.7 Å². The van der Waals surface area contributed by atoms with E-state index in [-0.39, 0.29) is 5.84 Å². The molecule has 6 heteroatoms. The summed E-state index contributed by atoms with van der Waals surface area (Å²) in [6.07, 6.45) is 0.919. The first-order valence-electron chi connectivity index (χ1n) is 6.99. The number of likely N-dealkylation sites (N-methyl/N-ethyl adjacent to an activating group) is 1. The van der Waals surface area contributed by atoms with E-state index in [1.165, 1.54) is 0 Å². The fraction of sp³-hybridized carbons (Fsp3) is 0.533. The van der Waals surface area contributed by atoms with Crippen LogP contribution in [0.3, 0.4) is 0 Å². The van der Waals surface area contributed by atoms with Gasteiger partial charge in [0.2, 0.25) is 0 Å². The van der Waals surface area contributed by atoms with Gasteiger partial charge in [0.05, 0.1) is 6.61 Å². The summed E-state index contributed by atoms with van der Waals surface area (Å²) in [7, 11) is 3.73. The highest BCUT2D eigenvalue weighted by Gasteiger charge is 2.04. The zero-order chi connectivity index (χ0) is 15.5. The Balaban J connectivity index is 2.32. The van der Waals surface area contributed by atoms with Crippen LogP contribution in [0.15, 0.2) is 29.4 Å². The van der Waals surface area contributed by atoms with E-state index in [2.05, 4.69) is 10.1 Å². The minimum absolute atomic E-state index is 0.126. The van der Waals surface area contributed by atoms with E-state index >= 15 is 0 Å². The minimum Gasteiger partial charge on any atom is -0.409 e. The van der Waals surface area contributed by atoms with Gasteiger partial charge in [-0.3, -0.25) is 4.90 Å². The molecule has 1 aromatic carbocycles. The lowest BCUT2D eigenvalue weighted by Gasteiger charge is -2.17. The fourth-order valence-corrected chi connectivity index (χ4v) is 1.91. The van der Waals surface area contributed by atoms with Crippen LogP contribution in [-0.2, 0) is 16.0 Å². The lowest BCUT2D eigenvalue weighted by atomic mass is 10.1. The molecule has 0 spiro atoms. The molecule has 0 saturated heterocycles. The molecule has 3 N–H and O–H groups in total. The highest BCUT2D eigenvalue weighted by molar-refractivity contribution is 5.97. The van der Waals surface area contributed by atoms with Crippen LogP contribution >= 0.6 is 0 Å². The van der Waals surface area contributed by atoms with Crippen molar-refractivity contribution >= 4 is 5.84 Å². The lowest BCUT2D eigenvalue weighted by molar-refractivity contribution is 0.0876. The molecule has 0 radical (unpaired) electrons. The first kappa shape index (κ1) is 17.4. The monoisotopic (exact) mass is 295 g/mol. The smallest absolute Gasteiger partial charge is 0.170 e. The van der Waals surface area contributed by atoms with Crippen LogP contribution in [-0.4, -0.2) is 56.5 Å². The SMILES string of the molecule is COCCCOCCN(C)Cc1cccc(/C(N)=N/O)c1. The molecular weight excluding hydrogens is 270 g/mol. The average molecular weight is 295 g/mol. The first-order valence-corrected chi connectivity index (χ1v) is 6.99. The lowest BCUT2D eigenvalue weighted by Crippen LogP contribution is -2.23. The zero-order valence-electron chi connectivity index (χ0n) is 12.8. The Morgan fingerprint density at radius 2 is 2.14 bits per heavy atom. The molecule has 0 aliphatic carbocycles. The molecule has 0 atom stereocenters. The van der Waals surface area contributed by atoms with Crippen LogP contribution in [0, 0.1) is 0 Å². The quantitative estimate of drug-likeness (QED) is 0.223. The third-order valence-corrected chi connectivity index (χ3v) is 3.04. The Hall–Kier alpha value is -1.63. The van der Waals surface area contributed by atoms with Gasteiger partial charge in [-0.15, -0.1) is 0 Å². The van der Waals surface area contributed by atoms with E-state index in [0.717, 1.165) is 43.9 Å². The van der Waals surface area contributed by atoms with Crippen LogP contribution in [0.5, 0.6) is 0 Å². The third-order valence-electron chi connectivity index (χ3n) is 3.04. The molecule has 118 valence electrons. The van der Waals surface area contributed by atoms with E-state index in [4.69, 9.17) is 20.4 Å². The number of benzene rings is 1. The number of methoxy groups -OCH3 is 1. The summed E-state index contributed by atoms with van der Waals surface area (Å²) in [5.74, 6) is 0.126. The van der Waals surface area contributed by atoms with Gasteiger partial charge in [-0.2, -0.15) is 0 Å². The minimum atomic E-state index is 0.126. The van der Waals surface area contributed by atoms with Crippen LogP contribution < -0.4 is 5.73 Å². The van der Waals surface area contributed by atoms with E-state index in [0.29, 0.717) is 6.61 Å². The second-order valence-electron chi connectivity index (χ2n) is 4.88. The van der Waals surface area contributed by atoms with Gasteiger partial charge in [0.25, 0.3) is 0 Å². The topological polar surface area (TPSA) is 80.3 Å². The number of oxime groups is 1. The van der Waals surface area contributed by atoms with E-state index < -0.39 is 0 Å². The van der Waals surface area contributed by atoms with Crippen LogP contribution in [0.2, 0.25) is 0 Å². The van der Waals surface area contributed by atoms with Crippen molar-refractivity contribution in [3.05, 3.63) is 35.4 Å². The summed E-state index contributed by atoms with van der Waals surface area (Å²) < 4.78 is 10.5. The van der Waals surface area contributed by atoms with Crippen LogP contribution in [0.1, 0.15) is 17.5 Å². The molecule has 0 aliphatic rings. The Morgan fingerprint density at radius 3 is 2.86 bits per heavy atom. The van der Waals surface area contributed by atoms with Crippen molar-refractivity contribution in [2.24, 2.45) is 10.9 Å². The number of hydrogen-bond acceptors (Lipinski definition) is 5. The van der Waals surface area contributed by atoms with Crippen molar-refractivity contribution in [3.8, 4) is 0 Å². The second kappa shape index (κ2) is 10.1. The van der Waals surface area contributed by atoms with Gasteiger partial charge in [-0.25, -0.2) is 0 Å². The molecule has 1 aromatic rings. The molecule has 0 saturated carbocycles. The Kier molecular flexibility index (Phi) is 8.42. The van der Waals surface area contributed by atoms with Gasteiger partial charge < -0.3 is 20.4 Å². The van der Waals surface area contributed by atoms with Gasteiger partial charge >= 0.3 is 0 Å². The molecule has 0 unspecified atom stereocenters. The van der Waals surface area contributed by atoms with Crippen molar-refractivity contribution in [1.82, 2.24) is 4.90 Å². The van der Waals surface area contributed by atoms with Crippen molar-refractivity contribution in [2.75, 3.05) is 40.5 Å².